The van der Waals surface area contributed by atoms with Crippen molar-refractivity contribution in [2.24, 2.45) is 0 Å². The molecule has 0 fully saturated rings. The topological polar surface area (TPSA) is 37.3 Å². The molecule has 0 bridgehead atoms. The van der Waals surface area contributed by atoms with Crippen molar-refractivity contribution >= 4 is 66.8 Å². The summed E-state index contributed by atoms with van der Waals surface area (Å²) in [6.45, 7) is 1.08. The van der Waals surface area contributed by atoms with Crippen LogP contribution >= 0.6 is 0 Å². The molecule has 2 nitrogen and oxygen atoms in total. The third kappa shape index (κ3) is 49.6. The molecule has 0 saturated heterocycles. The van der Waals surface area contributed by atoms with Crippen LogP contribution in [0.4, 0.5) is 0 Å². The maximum Gasteiger partial charge on any atom is 0.300 e. The van der Waals surface area contributed by atoms with Crippen molar-refractivity contribution in [3.05, 3.63) is 0 Å². The normalized spacial score (nSPS) is 4.17. The number of carboxylic acids is 1. The zero-order valence-electron chi connectivity index (χ0n) is 3.77. The van der Waals surface area contributed by atoms with Crippen molar-refractivity contribution in [3.8, 4) is 0 Å². The molecule has 0 saturated carbocycles. The van der Waals surface area contributed by atoms with E-state index in [0.717, 1.165) is 6.92 Å². The molecule has 0 aromatic carbocycles. The van der Waals surface area contributed by atoms with Gasteiger partial charge in [0.15, 0.2) is 0 Å². The molecule has 0 atom stereocenters. The first-order valence-electron chi connectivity index (χ1n) is 0.928. The van der Waals surface area contributed by atoms with E-state index in [1.165, 1.54) is 0 Å². The summed E-state index contributed by atoms with van der Waals surface area (Å²) in [5, 5.41) is 7.42. The van der Waals surface area contributed by atoms with Crippen LogP contribution in [-0.4, -0.2) is 71.9 Å². The molecule has 28 valence electrons. The van der Waals surface area contributed by atoms with E-state index in [1.807, 2.05) is 0 Å². The fourth-order valence-electron chi connectivity index (χ4n) is 0. The van der Waals surface area contributed by atoms with Crippen molar-refractivity contribution < 1.29 is 9.90 Å². The minimum absolute atomic E-state index is 0. The summed E-state index contributed by atoms with van der Waals surface area (Å²) in [6.07, 6.45) is 0. The van der Waals surface area contributed by atoms with E-state index in [-0.39, 0.29) is 60.8 Å². The largest absolute Gasteiger partial charge is 0.481 e. The van der Waals surface area contributed by atoms with Crippen LogP contribution in [0.2, 0.25) is 0 Å². The Labute approximate surface area is 82.4 Å². The molecule has 0 aliphatic carbocycles. The molecule has 0 spiro atoms. The molecule has 0 rings (SSSR count). The van der Waals surface area contributed by atoms with Crippen molar-refractivity contribution in [3.63, 3.8) is 0 Å². The molecule has 6 heavy (non-hydrogen) atoms. The smallest absolute Gasteiger partial charge is 0.300 e. The van der Waals surface area contributed by atoms with Crippen LogP contribution in [0.25, 0.3) is 0 Å². The van der Waals surface area contributed by atoms with E-state index in [0.29, 0.717) is 0 Å². The van der Waals surface area contributed by atoms with Gasteiger partial charge in [0.05, 0.1) is 0 Å². The van der Waals surface area contributed by atoms with Gasteiger partial charge in [0.1, 0.15) is 0 Å². The SMILES string of the molecule is CC(=O)O.[Ca].[Mg]. The van der Waals surface area contributed by atoms with Crippen LogP contribution in [0.1, 0.15) is 6.92 Å². The molecule has 0 aromatic rings. The van der Waals surface area contributed by atoms with Gasteiger partial charge in [0.2, 0.25) is 0 Å². The van der Waals surface area contributed by atoms with E-state index in [2.05, 4.69) is 0 Å². The van der Waals surface area contributed by atoms with Crippen molar-refractivity contribution in [2.75, 3.05) is 0 Å². The van der Waals surface area contributed by atoms with E-state index < -0.39 is 5.97 Å². The number of hydrogen-bond donors (Lipinski definition) is 1. The third-order valence-electron chi connectivity index (χ3n) is 0. The molecular weight excluding hydrogens is 120 g/mol. The van der Waals surface area contributed by atoms with Gasteiger partial charge >= 0.3 is 0 Å². The first kappa shape index (κ1) is 15.6. The minimum atomic E-state index is -0.833. The summed E-state index contributed by atoms with van der Waals surface area (Å²) in [4.78, 5) is 9.00. The van der Waals surface area contributed by atoms with E-state index in [4.69, 9.17) is 9.90 Å². The predicted octanol–water partition coefficient (Wildman–Crippen LogP) is -0.671. The first-order valence-corrected chi connectivity index (χ1v) is 0.928. The van der Waals surface area contributed by atoms with Gasteiger partial charge in [0, 0.05) is 67.7 Å². The zero-order valence-corrected chi connectivity index (χ0v) is 7.39. The van der Waals surface area contributed by atoms with Crippen LogP contribution in [0, 0.1) is 0 Å². The second-order valence-electron chi connectivity index (χ2n) is 0.519. The monoisotopic (exact) mass is 124 g/mol. The zero-order chi connectivity index (χ0) is 3.58. The molecular formula is C2H4CaMgO2. The Kier molecular flexibility index (Phi) is 25.3. The molecule has 0 heterocycles. The van der Waals surface area contributed by atoms with Crippen LogP contribution in [0.15, 0.2) is 0 Å². The summed E-state index contributed by atoms with van der Waals surface area (Å²) in [7, 11) is 0. The molecule has 4 heteroatoms. The Balaban J connectivity index is -0.0000000450. The second kappa shape index (κ2) is 9.71. The Bertz CT molecular complexity index is 34.5. The van der Waals surface area contributed by atoms with Gasteiger partial charge in [-0.2, -0.15) is 0 Å². The molecule has 4 radical (unpaired) electrons. The number of aliphatic carboxylic acids is 1. The summed E-state index contributed by atoms with van der Waals surface area (Å²) < 4.78 is 0. The third-order valence-corrected chi connectivity index (χ3v) is 0. The Morgan fingerprint density at radius 3 is 1.67 bits per heavy atom. The molecule has 0 aliphatic heterocycles. The molecule has 1 N–H and O–H groups in total. The maximum absolute atomic E-state index is 9.00. The van der Waals surface area contributed by atoms with Gasteiger partial charge in [-0.15, -0.1) is 0 Å². The van der Waals surface area contributed by atoms with Gasteiger partial charge in [-0.25, -0.2) is 0 Å². The van der Waals surface area contributed by atoms with Crippen molar-refractivity contribution in [1.29, 1.82) is 0 Å². The second-order valence-corrected chi connectivity index (χ2v) is 0.519. The van der Waals surface area contributed by atoms with Gasteiger partial charge in [-0.3, -0.25) is 4.79 Å². The Morgan fingerprint density at radius 1 is 1.67 bits per heavy atom. The quantitative estimate of drug-likeness (QED) is 0.435. The van der Waals surface area contributed by atoms with Crippen LogP contribution in [0.5, 0.6) is 0 Å². The van der Waals surface area contributed by atoms with Gasteiger partial charge in [0.25, 0.3) is 5.97 Å². The van der Waals surface area contributed by atoms with Crippen LogP contribution < -0.4 is 0 Å². The van der Waals surface area contributed by atoms with E-state index >= 15 is 0 Å². The molecule has 0 aliphatic rings. The van der Waals surface area contributed by atoms with Crippen LogP contribution in [0.3, 0.4) is 0 Å². The minimum Gasteiger partial charge on any atom is -0.481 e. The summed E-state index contributed by atoms with van der Waals surface area (Å²) in [6, 6.07) is 0. The number of carboxylic acid groups (broad SMARTS) is 1. The van der Waals surface area contributed by atoms with E-state index in [1.54, 1.807) is 0 Å². The predicted molar refractivity (Wildman–Crippen MR) is 24.8 cm³/mol. The summed E-state index contributed by atoms with van der Waals surface area (Å²) >= 11 is 0. The van der Waals surface area contributed by atoms with Crippen LogP contribution in [-0.2, 0) is 4.79 Å². The Morgan fingerprint density at radius 2 is 1.67 bits per heavy atom. The summed E-state index contributed by atoms with van der Waals surface area (Å²) in [5.41, 5.74) is 0. The van der Waals surface area contributed by atoms with Gasteiger partial charge in [-0.05, 0) is 0 Å². The molecule has 0 aromatic heterocycles. The van der Waals surface area contributed by atoms with E-state index in [9.17, 15) is 0 Å². The molecule has 0 amide bonds. The van der Waals surface area contributed by atoms with Crippen molar-refractivity contribution in [2.45, 2.75) is 6.92 Å². The summed E-state index contributed by atoms with van der Waals surface area (Å²) in [5.74, 6) is -0.833. The first-order chi connectivity index (χ1) is 1.73. The average molecular weight is 124 g/mol. The van der Waals surface area contributed by atoms with Gasteiger partial charge < -0.3 is 5.11 Å². The van der Waals surface area contributed by atoms with Crippen molar-refractivity contribution in [1.82, 2.24) is 0 Å². The average Bonchev–Trinajstić information content (AvgIpc) is 0.811. The van der Waals surface area contributed by atoms with Gasteiger partial charge in [-0.1, -0.05) is 0 Å². The fraction of sp³-hybridized carbons (Fsp3) is 0.500. The standard InChI is InChI=1S/C2H4O2.Ca.Mg/c1-2(3)4;;/h1H3,(H,3,4);;. The maximum atomic E-state index is 9.00. The number of carbonyl (C=O) groups is 1. The number of rotatable bonds is 0. The number of hydrogen-bond acceptors (Lipinski definition) is 1. The Hall–Kier alpha value is 1.50. The molecule has 0 unspecified atom stereocenters. The fourth-order valence-corrected chi connectivity index (χ4v) is 0.